The van der Waals surface area contributed by atoms with Gasteiger partial charge < -0.3 is 24.1 Å². The molecule has 3 aromatic rings. The summed E-state index contributed by atoms with van der Waals surface area (Å²) in [6.45, 7) is 6.21. The summed E-state index contributed by atoms with van der Waals surface area (Å²) < 4.78 is 33.4. The summed E-state index contributed by atoms with van der Waals surface area (Å²) in [5.74, 6) is 0.0433. The number of nitrogens with one attached hydrogen (secondary N) is 1. The number of amides is 1. The Kier molecular flexibility index (Phi) is 6.55. The van der Waals surface area contributed by atoms with Crippen molar-refractivity contribution < 1.29 is 23.4 Å². The summed E-state index contributed by atoms with van der Waals surface area (Å²) >= 11 is 0. The van der Waals surface area contributed by atoms with Crippen molar-refractivity contribution in [2.75, 3.05) is 19.0 Å². The van der Waals surface area contributed by atoms with Crippen LogP contribution in [0, 0.1) is 5.82 Å². The molecule has 2 atom stereocenters. The fourth-order valence-corrected chi connectivity index (χ4v) is 3.51. The third kappa shape index (κ3) is 4.95. The molecular weight excluding hydrogens is 429 g/mol. The van der Waals surface area contributed by atoms with Crippen molar-refractivity contribution in [1.29, 1.82) is 0 Å². The van der Waals surface area contributed by atoms with Gasteiger partial charge in [-0.05, 0) is 39.0 Å². The largest absolute Gasteiger partial charge is 0.486 e. The molecule has 1 N–H and O–H groups in total. The number of benzene rings is 1. The molecule has 9 nitrogen and oxygen atoms in total. The Morgan fingerprint density at radius 3 is 2.88 bits per heavy atom. The van der Waals surface area contributed by atoms with Gasteiger partial charge in [-0.15, -0.1) is 10.2 Å². The second kappa shape index (κ2) is 9.53. The minimum atomic E-state index is -0.714. The standard InChI is InChI=1S/C23H26FN5O4/c1-13(2)29-12-25-28-22(29)18-6-5-7-21(26-18)27-23(30)16-9-20-19(10-17(16)24)32-11-15(33-20)8-14(3)31-4/h5-7,9-10,12-15H,8,11H2,1-4H3,(H,26,27,30)/t14-,15?/m0/s1. The van der Waals surface area contributed by atoms with Crippen molar-refractivity contribution >= 4 is 11.7 Å². The normalized spacial score (nSPS) is 16.0. The number of carbonyl (C=O) groups is 1. The van der Waals surface area contributed by atoms with Crippen molar-refractivity contribution in [2.24, 2.45) is 0 Å². The number of ether oxygens (including phenoxy) is 3. The predicted molar refractivity (Wildman–Crippen MR) is 119 cm³/mol. The Hall–Kier alpha value is -3.53. The Morgan fingerprint density at radius 2 is 2.12 bits per heavy atom. The fraction of sp³-hybridized carbons (Fsp3) is 0.391. The Morgan fingerprint density at radius 1 is 1.30 bits per heavy atom. The van der Waals surface area contributed by atoms with Gasteiger partial charge >= 0.3 is 0 Å². The number of hydrogen-bond acceptors (Lipinski definition) is 7. The van der Waals surface area contributed by atoms with Crippen LogP contribution >= 0.6 is 0 Å². The summed E-state index contributed by atoms with van der Waals surface area (Å²) in [5.41, 5.74) is 0.368. The first-order valence-electron chi connectivity index (χ1n) is 10.7. The highest BCUT2D eigenvalue weighted by Crippen LogP contribution is 2.35. The molecule has 1 unspecified atom stereocenters. The first-order valence-corrected chi connectivity index (χ1v) is 10.7. The summed E-state index contributed by atoms with van der Waals surface area (Å²) in [5, 5.41) is 10.7. The maximum absolute atomic E-state index is 14.7. The molecule has 0 radical (unpaired) electrons. The monoisotopic (exact) mass is 455 g/mol. The molecule has 0 spiro atoms. The van der Waals surface area contributed by atoms with Crippen LogP contribution in [-0.4, -0.2) is 51.6 Å². The third-order valence-corrected chi connectivity index (χ3v) is 5.34. The number of anilines is 1. The summed E-state index contributed by atoms with van der Waals surface area (Å²) in [4.78, 5) is 17.3. The zero-order chi connectivity index (χ0) is 23.5. The van der Waals surface area contributed by atoms with Gasteiger partial charge in [-0.1, -0.05) is 6.07 Å². The van der Waals surface area contributed by atoms with Gasteiger partial charge in [-0.25, -0.2) is 9.37 Å². The van der Waals surface area contributed by atoms with E-state index in [1.165, 1.54) is 6.07 Å². The lowest BCUT2D eigenvalue weighted by atomic mass is 10.1. The van der Waals surface area contributed by atoms with E-state index in [0.29, 0.717) is 23.7 Å². The maximum Gasteiger partial charge on any atom is 0.259 e. The number of carbonyl (C=O) groups excluding carboxylic acids is 1. The summed E-state index contributed by atoms with van der Waals surface area (Å²) in [6.07, 6.45) is 1.94. The number of nitrogens with zero attached hydrogens (tertiary/aromatic N) is 4. The number of halogens is 1. The second-order valence-electron chi connectivity index (χ2n) is 8.13. The van der Waals surface area contributed by atoms with Gasteiger partial charge in [0.25, 0.3) is 5.91 Å². The van der Waals surface area contributed by atoms with Crippen molar-refractivity contribution in [3.05, 3.63) is 48.0 Å². The van der Waals surface area contributed by atoms with Gasteiger partial charge in [0.05, 0.1) is 11.7 Å². The van der Waals surface area contributed by atoms with Crippen LogP contribution < -0.4 is 14.8 Å². The van der Waals surface area contributed by atoms with E-state index in [1.807, 2.05) is 25.3 Å². The van der Waals surface area contributed by atoms with Crippen LogP contribution in [0.15, 0.2) is 36.7 Å². The smallest absolute Gasteiger partial charge is 0.259 e. The number of fused-ring (bicyclic) bond motifs is 1. The molecule has 1 aromatic carbocycles. The number of hydrogen-bond donors (Lipinski definition) is 1. The summed E-state index contributed by atoms with van der Waals surface area (Å²) in [6, 6.07) is 7.77. The van der Waals surface area contributed by atoms with E-state index in [9.17, 15) is 9.18 Å². The van der Waals surface area contributed by atoms with Crippen molar-refractivity contribution in [3.63, 3.8) is 0 Å². The fourth-order valence-electron chi connectivity index (χ4n) is 3.51. The highest BCUT2D eigenvalue weighted by atomic mass is 19.1. The zero-order valence-electron chi connectivity index (χ0n) is 18.9. The molecule has 0 bridgehead atoms. The molecule has 1 aliphatic rings. The van der Waals surface area contributed by atoms with E-state index < -0.39 is 11.7 Å². The first kappa shape index (κ1) is 22.7. The lowest BCUT2D eigenvalue weighted by molar-refractivity contribution is 0.0291. The van der Waals surface area contributed by atoms with E-state index >= 15 is 0 Å². The Bertz CT molecular complexity index is 1150. The molecule has 0 fully saturated rings. The average molecular weight is 455 g/mol. The Balaban J connectivity index is 1.54. The van der Waals surface area contributed by atoms with Crippen molar-refractivity contribution in [2.45, 2.75) is 45.4 Å². The van der Waals surface area contributed by atoms with E-state index in [2.05, 4.69) is 20.5 Å². The molecule has 174 valence electrons. The number of rotatable bonds is 7. The lowest BCUT2D eigenvalue weighted by Gasteiger charge is -2.28. The average Bonchev–Trinajstić information content (AvgIpc) is 3.29. The van der Waals surface area contributed by atoms with E-state index in [4.69, 9.17) is 14.2 Å². The van der Waals surface area contributed by atoms with Crippen LogP contribution in [0.3, 0.4) is 0 Å². The van der Waals surface area contributed by atoms with Gasteiger partial charge in [0.2, 0.25) is 0 Å². The third-order valence-electron chi connectivity index (χ3n) is 5.34. The molecule has 1 aliphatic heterocycles. The van der Waals surface area contributed by atoms with Crippen LogP contribution in [0.25, 0.3) is 11.5 Å². The van der Waals surface area contributed by atoms with Crippen LogP contribution in [0.5, 0.6) is 11.5 Å². The number of methoxy groups -OCH3 is 1. The molecule has 33 heavy (non-hydrogen) atoms. The van der Waals surface area contributed by atoms with Gasteiger partial charge in [0.15, 0.2) is 17.3 Å². The van der Waals surface area contributed by atoms with Gasteiger partial charge in [-0.3, -0.25) is 4.79 Å². The summed E-state index contributed by atoms with van der Waals surface area (Å²) in [7, 11) is 1.62. The van der Waals surface area contributed by atoms with E-state index in [-0.39, 0.29) is 42.0 Å². The molecule has 0 aliphatic carbocycles. The van der Waals surface area contributed by atoms with E-state index in [0.717, 1.165) is 6.07 Å². The number of pyridine rings is 1. The van der Waals surface area contributed by atoms with Crippen LogP contribution in [0.1, 0.15) is 43.6 Å². The molecule has 0 saturated heterocycles. The topological polar surface area (TPSA) is 100 Å². The molecule has 0 saturated carbocycles. The van der Waals surface area contributed by atoms with Crippen LogP contribution in [0.2, 0.25) is 0 Å². The van der Waals surface area contributed by atoms with Crippen LogP contribution in [0.4, 0.5) is 10.2 Å². The quantitative estimate of drug-likeness (QED) is 0.577. The van der Waals surface area contributed by atoms with Gasteiger partial charge in [-0.2, -0.15) is 0 Å². The predicted octanol–water partition coefficient (Wildman–Crippen LogP) is 3.88. The second-order valence-corrected chi connectivity index (χ2v) is 8.13. The van der Waals surface area contributed by atoms with Gasteiger partial charge in [0.1, 0.15) is 36.4 Å². The van der Waals surface area contributed by atoms with Crippen molar-refractivity contribution in [3.8, 4) is 23.0 Å². The molecule has 3 heterocycles. The molecule has 2 aromatic heterocycles. The minimum Gasteiger partial charge on any atom is -0.486 e. The van der Waals surface area contributed by atoms with E-state index in [1.54, 1.807) is 31.6 Å². The minimum absolute atomic E-state index is 0.0248. The first-order chi connectivity index (χ1) is 15.9. The SMILES string of the molecule is CO[C@@H](C)CC1COc2cc(F)c(C(=O)Nc3cccc(-c4nncn4C(C)C)n3)cc2O1. The van der Waals surface area contributed by atoms with Crippen LogP contribution in [-0.2, 0) is 4.74 Å². The van der Waals surface area contributed by atoms with Gasteiger partial charge in [0, 0.05) is 25.6 Å². The molecular formula is C23H26FN5O4. The Labute approximate surface area is 190 Å². The molecule has 4 rings (SSSR count). The molecule has 1 amide bonds. The molecule has 10 heteroatoms. The maximum atomic E-state index is 14.7. The van der Waals surface area contributed by atoms with Crippen molar-refractivity contribution in [1.82, 2.24) is 19.7 Å². The lowest BCUT2D eigenvalue weighted by Crippen LogP contribution is -2.32. The number of aromatic nitrogens is 4. The highest BCUT2D eigenvalue weighted by Gasteiger charge is 2.26. The highest BCUT2D eigenvalue weighted by molar-refractivity contribution is 6.04. The zero-order valence-corrected chi connectivity index (χ0v) is 18.9.